The van der Waals surface area contributed by atoms with Gasteiger partial charge in [-0.25, -0.2) is 13.2 Å². The summed E-state index contributed by atoms with van der Waals surface area (Å²) in [5.41, 5.74) is -0.521. The van der Waals surface area contributed by atoms with Crippen LogP contribution in [-0.4, -0.2) is 36.3 Å². The molecule has 1 aromatic heterocycles. The Labute approximate surface area is 194 Å². The van der Waals surface area contributed by atoms with Crippen LogP contribution in [0.25, 0.3) is 0 Å². The zero-order valence-electron chi connectivity index (χ0n) is 18.0. The standard InChI is InChI=1S/C20H22F3N3O5.Li/c1-9(18(27)28)15-13(19-30-7-8-31-19)17(26-20(25-15)29-3)24-10(2)11-5-4-6-12(14(11)21)16(22)23;/h4-6,9-10,16,19H,7-8H2,1-3H3,(H,27,28)(H,24,25,26);/q;+1/p-1/t9?,10-;/m1./s1. The molecule has 2 heterocycles. The van der Waals surface area contributed by atoms with Gasteiger partial charge in [0, 0.05) is 11.5 Å². The van der Waals surface area contributed by atoms with Crippen LogP contribution in [0.4, 0.5) is 19.0 Å². The minimum absolute atomic E-state index is 0. The molecular weight excluding hydrogens is 426 g/mol. The summed E-state index contributed by atoms with van der Waals surface area (Å²) in [6, 6.07) is 2.72. The Balaban J connectivity index is 0.00000363. The molecule has 2 atom stereocenters. The molecule has 2 aromatic rings. The van der Waals surface area contributed by atoms with Crippen LogP contribution < -0.4 is 34.0 Å². The molecule has 168 valence electrons. The van der Waals surface area contributed by atoms with Crippen molar-refractivity contribution in [3.63, 3.8) is 0 Å². The van der Waals surface area contributed by atoms with Crippen molar-refractivity contribution in [1.82, 2.24) is 9.97 Å². The van der Waals surface area contributed by atoms with Gasteiger partial charge in [0.25, 0.3) is 6.43 Å². The van der Waals surface area contributed by atoms with Crippen molar-refractivity contribution >= 4 is 11.8 Å². The summed E-state index contributed by atoms with van der Waals surface area (Å²) >= 11 is 0. The molecule has 0 bridgehead atoms. The van der Waals surface area contributed by atoms with E-state index in [2.05, 4.69) is 15.3 Å². The number of halogens is 3. The summed E-state index contributed by atoms with van der Waals surface area (Å²) in [4.78, 5) is 19.9. The zero-order valence-corrected chi connectivity index (χ0v) is 18.0. The van der Waals surface area contributed by atoms with E-state index >= 15 is 0 Å². The number of benzene rings is 1. The predicted molar refractivity (Wildman–Crippen MR) is 100 cm³/mol. The third kappa shape index (κ3) is 5.35. The Morgan fingerprint density at radius 3 is 2.41 bits per heavy atom. The molecule has 1 N–H and O–H groups in total. The normalized spacial score (nSPS) is 15.8. The molecule has 0 aliphatic carbocycles. The molecule has 0 spiro atoms. The van der Waals surface area contributed by atoms with E-state index < -0.39 is 42.0 Å². The Morgan fingerprint density at radius 2 is 1.84 bits per heavy atom. The van der Waals surface area contributed by atoms with Gasteiger partial charge in [0.05, 0.1) is 49.2 Å². The van der Waals surface area contributed by atoms with E-state index in [0.717, 1.165) is 6.07 Å². The van der Waals surface area contributed by atoms with E-state index in [1.807, 2.05) is 0 Å². The molecule has 1 aromatic carbocycles. The van der Waals surface area contributed by atoms with Crippen LogP contribution >= 0.6 is 0 Å². The second-order valence-corrected chi connectivity index (χ2v) is 6.89. The third-order valence-corrected chi connectivity index (χ3v) is 4.87. The second kappa shape index (κ2) is 11.0. The van der Waals surface area contributed by atoms with E-state index in [9.17, 15) is 23.1 Å². The number of nitrogens with one attached hydrogen (secondary N) is 1. The largest absolute Gasteiger partial charge is 1.00 e. The SMILES string of the molecule is COc1nc(N[C@H](C)c2cccc(C(F)F)c2F)c(C2OCCO2)c(C(C)C(=O)[O-])n1.[Li+]. The molecule has 32 heavy (non-hydrogen) atoms. The van der Waals surface area contributed by atoms with Crippen LogP contribution in [0, 0.1) is 5.82 Å². The number of nitrogens with zero attached hydrogens (tertiary/aromatic N) is 2. The topological polar surface area (TPSA) is 106 Å². The summed E-state index contributed by atoms with van der Waals surface area (Å²) in [5, 5.41) is 14.5. The van der Waals surface area contributed by atoms with Crippen LogP contribution in [0.1, 0.15) is 60.9 Å². The molecule has 1 unspecified atom stereocenters. The molecule has 12 heteroatoms. The maximum absolute atomic E-state index is 14.6. The molecule has 0 amide bonds. The number of carbonyl (C=O) groups excluding carboxylic acids is 1. The van der Waals surface area contributed by atoms with Gasteiger partial charge in [0.15, 0.2) is 6.29 Å². The first-order chi connectivity index (χ1) is 14.7. The van der Waals surface area contributed by atoms with Crippen molar-refractivity contribution in [2.75, 3.05) is 25.6 Å². The fourth-order valence-electron chi connectivity index (χ4n) is 3.22. The molecule has 0 radical (unpaired) electrons. The van der Waals surface area contributed by atoms with Crippen molar-refractivity contribution < 1.29 is 56.1 Å². The molecule has 3 rings (SSSR count). The van der Waals surface area contributed by atoms with E-state index in [1.54, 1.807) is 6.92 Å². The van der Waals surface area contributed by atoms with Crippen molar-refractivity contribution in [2.24, 2.45) is 0 Å². The predicted octanol–water partition coefficient (Wildman–Crippen LogP) is -0.362. The van der Waals surface area contributed by atoms with Gasteiger partial charge in [0.1, 0.15) is 11.6 Å². The number of hydrogen-bond acceptors (Lipinski definition) is 8. The molecule has 1 aliphatic rings. The number of methoxy groups -OCH3 is 1. The van der Waals surface area contributed by atoms with Gasteiger partial charge >= 0.3 is 24.9 Å². The average Bonchev–Trinajstić information content (AvgIpc) is 3.26. The van der Waals surface area contributed by atoms with Crippen LogP contribution in [0.3, 0.4) is 0 Å². The Hall–Kier alpha value is -2.32. The number of ether oxygens (including phenoxy) is 3. The van der Waals surface area contributed by atoms with Crippen LogP contribution in [0.15, 0.2) is 18.2 Å². The number of carboxylic acid groups (broad SMARTS) is 1. The van der Waals surface area contributed by atoms with Gasteiger partial charge in [-0.05, 0) is 6.92 Å². The number of rotatable bonds is 8. The number of aromatic nitrogens is 2. The molecule has 8 nitrogen and oxygen atoms in total. The first-order valence-electron chi connectivity index (χ1n) is 9.47. The maximum Gasteiger partial charge on any atom is 1.00 e. The summed E-state index contributed by atoms with van der Waals surface area (Å²) in [7, 11) is 1.30. The van der Waals surface area contributed by atoms with E-state index in [4.69, 9.17) is 14.2 Å². The molecule has 1 aliphatic heterocycles. The smallest absolute Gasteiger partial charge is 0.549 e. The summed E-state index contributed by atoms with van der Waals surface area (Å²) in [6.45, 7) is 3.44. The van der Waals surface area contributed by atoms with Gasteiger partial charge in [-0.3, -0.25) is 0 Å². The fraction of sp³-hybridized carbons (Fsp3) is 0.450. The van der Waals surface area contributed by atoms with Crippen molar-refractivity contribution in [3.05, 3.63) is 46.4 Å². The van der Waals surface area contributed by atoms with Gasteiger partial charge in [-0.1, -0.05) is 25.1 Å². The monoisotopic (exact) mass is 447 g/mol. The van der Waals surface area contributed by atoms with Crippen molar-refractivity contribution in [2.45, 2.75) is 38.5 Å². The molecule has 0 saturated carbocycles. The molecular formula is C20H21F3LiN3O5. The van der Waals surface area contributed by atoms with Crippen molar-refractivity contribution in [1.29, 1.82) is 0 Å². The first-order valence-corrected chi connectivity index (χ1v) is 9.47. The maximum atomic E-state index is 14.6. The first kappa shape index (κ1) is 25.9. The van der Waals surface area contributed by atoms with E-state index in [1.165, 1.54) is 26.2 Å². The Kier molecular flexibility index (Phi) is 8.92. The van der Waals surface area contributed by atoms with Crippen LogP contribution in [-0.2, 0) is 14.3 Å². The van der Waals surface area contributed by atoms with Crippen LogP contribution in [0.5, 0.6) is 6.01 Å². The Bertz CT molecular complexity index is 960. The van der Waals surface area contributed by atoms with Crippen LogP contribution in [0.2, 0.25) is 0 Å². The van der Waals surface area contributed by atoms with Gasteiger partial charge < -0.3 is 29.4 Å². The van der Waals surface area contributed by atoms with Gasteiger partial charge in [-0.2, -0.15) is 9.97 Å². The summed E-state index contributed by atoms with van der Waals surface area (Å²) in [5.74, 6) is -3.54. The zero-order chi connectivity index (χ0) is 22.7. The molecule has 1 saturated heterocycles. The number of anilines is 1. The number of alkyl halides is 2. The summed E-state index contributed by atoms with van der Waals surface area (Å²) in [6.07, 6.45) is -3.95. The average molecular weight is 447 g/mol. The number of aliphatic carboxylic acids is 1. The van der Waals surface area contributed by atoms with Gasteiger partial charge in [-0.15, -0.1) is 0 Å². The Morgan fingerprint density at radius 1 is 1.22 bits per heavy atom. The number of carboxylic acids is 1. The summed E-state index contributed by atoms with van der Waals surface area (Å²) < 4.78 is 56.9. The second-order valence-electron chi connectivity index (χ2n) is 6.89. The third-order valence-electron chi connectivity index (χ3n) is 4.87. The van der Waals surface area contributed by atoms with E-state index in [-0.39, 0.29) is 60.7 Å². The fourth-order valence-corrected chi connectivity index (χ4v) is 3.22. The van der Waals surface area contributed by atoms with Gasteiger partial charge in [0.2, 0.25) is 0 Å². The quantitative estimate of drug-likeness (QED) is 0.547. The minimum Gasteiger partial charge on any atom is -0.549 e. The number of hydrogen-bond donors (Lipinski definition) is 1. The number of carbonyl (C=O) groups is 1. The minimum atomic E-state index is -2.97. The van der Waals surface area contributed by atoms with E-state index in [0.29, 0.717) is 0 Å². The van der Waals surface area contributed by atoms with Crippen molar-refractivity contribution in [3.8, 4) is 6.01 Å². The molecule has 1 fully saturated rings.